The Morgan fingerprint density at radius 1 is 1.43 bits per heavy atom. The van der Waals surface area contributed by atoms with Crippen molar-refractivity contribution in [3.63, 3.8) is 0 Å². The second-order valence-corrected chi connectivity index (χ2v) is 7.68. The number of likely N-dealkylation sites (tertiary alicyclic amines) is 1. The fraction of sp³-hybridized carbons (Fsp3) is 0.611. The van der Waals surface area contributed by atoms with E-state index in [0.717, 1.165) is 12.0 Å². The number of nitrogens with two attached hydrogens (primary N) is 1. The van der Waals surface area contributed by atoms with Crippen molar-refractivity contribution >= 4 is 6.09 Å². The van der Waals surface area contributed by atoms with Crippen LogP contribution in [-0.2, 0) is 10.2 Å². The van der Waals surface area contributed by atoms with Gasteiger partial charge in [0.2, 0.25) is 0 Å². The molecule has 0 bridgehead atoms. The highest BCUT2D eigenvalue weighted by molar-refractivity contribution is 5.68. The van der Waals surface area contributed by atoms with Crippen molar-refractivity contribution in [3.05, 3.63) is 35.6 Å². The Labute approximate surface area is 136 Å². The molecule has 2 aliphatic rings. The van der Waals surface area contributed by atoms with Crippen LogP contribution in [0.3, 0.4) is 0 Å². The molecule has 0 spiro atoms. The normalized spacial score (nSPS) is 29.9. The Kier molecular flexibility index (Phi) is 3.87. The summed E-state index contributed by atoms with van der Waals surface area (Å²) in [6.07, 6.45) is 0.616. The standard InChI is InChI=1S/C18H25FN2O2/c1-17(2,3)23-16(22)21-8-7-14-15(10-21)18(14,11-20)12-5-4-6-13(19)9-12/h4-6,9,14-15H,7-8,10-11,20H2,1-3H3. The average Bonchev–Trinajstić information content (AvgIpc) is 3.13. The van der Waals surface area contributed by atoms with Crippen molar-refractivity contribution in [2.75, 3.05) is 19.6 Å². The fourth-order valence-electron chi connectivity index (χ4n) is 4.10. The molecule has 1 saturated heterocycles. The molecule has 2 fully saturated rings. The number of nitrogens with zero attached hydrogens (tertiary/aromatic N) is 1. The molecule has 1 aliphatic heterocycles. The fourth-order valence-corrected chi connectivity index (χ4v) is 4.10. The van der Waals surface area contributed by atoms with Gasteiger partial charge >= 0.3 is 6.09 Å². The van der Waals surface area contributed by atoms with E-state index in [0.29, 0.717) is 25.6 Å². The third kappa shape index (κ3) is 2.82. The van der Waals surface area contributed by atoms with E-state index in [2.05, 4.69) is 0 Å². The minimum absolute atomic E-state index is 0.196. The van der Waals surface area contributed by atoms with Gasteiger partial charge in [-0.2, -0.15) is 0 Å². The maximum atomic E-state index is 13.6. The van der Waals surface area contributed by atoms with E-state index in [-0.39, 0.29) is 23.2 Å². The highest BCUT2D eigenvalue weighted by Crippen LogP contribution is 2.62. The lowest BCUT2D eigenvalue weighted by Gasteiger charge is -2.29. The van der Waals surface area contributed by atoms with Crippen LogP contribution in [0.1, 0.15) is 32.8 Å². The van der Waals surface area contributed by atoms with Gasteiger partial charge in [-0.25, -0.2) is 9.18 Å². The van der Waals surface area contributed by atoms with Gasteiger partial charge in [-0.15, -0.1) is 0 Å². The van der Waals surface area contributed by atoms with Gasteiger partial charge in [0.15, 0.2) is 0 Å². The zero-order valence-electron chi connectivity index (χ0n) is 14.0. The van der Waals surface area contributed by atoms with E-state index < -0.39 is 5.60 Å². The van der Waals surface area contributed by atoms with Crippen LogP contribution in [-0.4, -0.2) is 36.2 Å². The smallest absolute Gasteiger partial charge is 0.410 e. The lowest BCUT2D eigenvalue weighted by Crippen LogP contribution is -2.40. The highest BCUT2D eigenvalue weighted by atomic mass is 19.1. The van der Waals surface area contributed by atoms with Gasteiger partial charge in [0, 0.05) is 25.0 Å². The number of hydrogen-bond acceptors (Lipinski definition) is 3. The zero-order chi connectivity index (χ0) is 16.8. The van der Waals surface area contributed by atoms with Gasteiger partial charge in [-0.1, -0.05) is 12.1 Å². The monoisotopic (exact) mass is 320 g/mol. The minimum atomic E-state index is -0.495. The van der Waals surface area contributed by atoms with Crippen molar-refractivity contribution in [2.24, 2.45) is 17.6 Å². The molecule has 126 valence electrons. The van der Waals surface area contributed by atoms with Gasteiger partial charge in [0.25, 0.3) is 0 Å². The zero-order valence-corrected chi connectivity index (χ0v) is 14.0. The lowest BCUT2D eigenvalue weighted by molar-refractivity contribution is 0.0206. The maximum absolute atomic E-state index is 13.6. The molecular weight excluding hydrogens is 295 g/mol. The van der Waals surface area contributed by atoms with Crippen LogP contribution >= 0.6 is 0 Å². The molecule has 0 aromatic heterocycles. The van der Waals surface area contributed by atoms with E-state index in [1.807, 2.05) is 26.8 Å². The second-order valence-electron chi connectivity index (χ2n) is 7.68. The topological polar surface area (TPSA) is 55.6 Å². The summed E-state index contributed by atoms with van der Waals surface area (Å²) in [5.74, 6) is 0.478. The van der Waals surface area contributed by atoms with Gasteiger partial charge in [0.1, 0.15) is 11.4 Å². The Hall–Kier alpha value is -1.62. The van der Waals surface area contributed by atoms with Crippen LogP contribution in [0.4, 0.5) is 9.18 Å². The molecule has 1 aliphatic carbocycles. The number of fused-ring (bicyclic) bond motifs is 1. The summed E-state index contributed by atoms with van der Waals surface area (Å²) >= 11 is 0. The molecule has 3 atom stereocenters. The molecule has 1 aromatic carbocycles. The average molecular weight is 320 g/mol. The van der Waals surface area contributed by atoms with Gasteiger partial charge in [-0.05, 0) is 56.7 Å². The summed E-state index contributed by atoms with van der Waals surface area (Å²) in [7, 11) is 0. The first-order valence-electron chi connectivity index (χ1n) is 8.22. The summed E-state index contributed by atoms with van der Waals surface area (Å²) in [4.78, 5) is 14.0. The van der Waals surface area contributed by atoms with Crippen LogP contribution in [0.25, 0.3) is 0 Å². The van der Waals surface area contributed by atoms with Gasteiger partial charge in [0.05, 0.1) is 0 Å². The second kappa shape index (κ2) is 5.48. The first-order valence-corrected chi connectivity index (χ1v) is 8.22. The van der Waals surface area contributed by atoms with E-state index in [9.17, 15) is 9.18 Å². The number of amides is 1. The molecule has 23 heavy (non-hydrogen) atoms. The van der Waals surface area contributed by atoms with Crippen LogP contribution < -0.4 is 5.73 Å². The van der Waals surface area contributed by atoms with Crippen LogP contribution in [0, 0.1) is 17.7 Å². The van der Waals surface area contributed by atoms with Crippen LogP contribution in [0.2, 0.25) is 0 Å². The Bertz CT molecular complexity index is 613. The number of carbonyl (C=O) groups is 1. The Balaban J connectivity index is 1.76. The van der Waals surface area contributed by atoms with E-state index in [1.54, 1.807) is 17.0 Å². The molecule has 3 rings (SSSR count). The molecule has 1 aromatic rings. The largest absolute Gasteiger partial charge is 0.444 e. The highest BCUT2D eigenvalue weighted by Gasteiger charge is 2.66. The van der Waals surface area contributed by atoms with Gasteiger partial charge < -0.3 is 15.4 Å². The molecule has 1 heterocycles. The van der Waals surface area contributed by atoms with Crippen LogP contribution in [0.15, 0.2) is 24.3 Å². The summed E-state index contributed by atoms with van der Waals surface area (Å²) in [5.41, 5.74) is 6.35. The molecule has 2 N–H and O–H groups in total. The number of piperidine rings is 1. The lowest BCUT2D eigenvalue weighted by atomic mass is 9.91. The molecule has 1 saturated carbocycles. The number of ether oxygens (including phenoxy) is 1. The molecule has 4 nitrogen and oxygen atoms in total. The number of carbonyl (C=O) groups excluding carboxylic acids is 1. The van der Waals surface area contributed by atoms with Gasteiger partial charge in [-0.3, -0.25) is 0 Å². The quantitative estimate of drug-likeness (QED) is 0.911. The Morgan fingerprint density at radius 2 is 2.17 bits per heavy atom. The first-order chi connectivity index (χ1) is 10.8. The van der Waals surface area contributed by atoms with Crippen molar-refractivity contribution in [2.45, 2.75) is 38.2 Å². The molecular formula is C18H25FN2O2. The van der Waals surface area contributed by atoms with Crippen LogP contribution in [0.5, 0.6) is 0 Å². The number of halogens is 1. The summed E-state index contributed by atoms with van der Waals surface area (Å²) in [5, 5.41) is 0. The Morgan fingerprint density at radius 3 is 2.78 bits per heavy atom. The van der Waals surface area contributed by atoms with E-state index in [1.165, 1.54) is 6.07 Å². The van der Waals surface area contributed by atoms with Crippen molar-refractivity contribution in [1.82, 2.24) is 4.90 Å². The minimum Gasteiger partial charge on any atom is -0.444 e. The van der Waals surface area contributed by atoms with Crippen molar-refractivity contribution < 1.29 is 13.9 Å². The number of hydrogen-bond donors (Lipinski definition) is 1. The molecule has 0 radical (unpaired) electrons. The van der Waals surface area contributed by atoms with Crippen molar-refractivity contribution in [1.29, 1.82) is 0 Å². The van der Waals surface area contributed by atoms with E-state index >= 15 is 0 Å². The predicted octanol–water partition coefficient (Wildman–Crippen LogP) is 2.91. The molecule has 3 unspecified atom stereocenters. The predicted molar refractivity (Wildman–Crippen MR) is 86.5 cm³/mol. The third-order valence-corrected chi connectivity index (χ3v) is 5.18. The third-order valence-electron chi connectivity index (χ3n) is 5.18. The molecule has 1 amide bonds. The number of rotatable bonds is 2. The van der Waals surface area contributed by atoms with Crippen molar-refractivity contribution in [3.8, 4) is 0 Å². The number of benzene rings is 1. The maximum Gasteiger partial charge on any atom is 0.410 e. The summed E-state index contributed by atoms with van der Waals surface area (Å²) in [6, 6.07) is 6.72. The summed E-state index contributed by atoms with van der Waals surface area (Å²) in [6.45, 7) is 7.39. The van der Waals surface area contributed by atoms with E-state index in [4.69, 9.17) is 10.5 Å². The molecule has 5 heteroatoms. The SMILES string of the molecule is CC(C)(C)OC(=O)N1CCC2C(C1)C2(CN)c1cccc(F)c1. The first kappa shape index (κ1) is 16.2. The summed E-state index contributed by atoms with van der Waals surface area (Å²) < 4.78 is 19.1.